The first-order valence-electron chi connectivity index (χ1n) is 4.64. The van der Waals surface area contributed by atoms with Gasteiger partial charge in [0, 0.05) is 6.54 Å². The fourth-order valence-corrected chi connectivity index (χ4v) is 1.19. The number of rotatable bonds is 3. The summed E-state index contributed by atoms with van der Waals surface area (Å²) in [6.07, 6.45) is 1.41. The number of hydrogen-bond donors (Lipinski definition) is 2. The lowest BCUT2D eigenvalue weighted by Gasteiger charge is -2.03. The molecule has 1 aromatic heterocycles. The van der Waals surface area contributed by atoms with Gasteiger partial charge >= 0.3 is 5.69 Å². The van der Waals surface area contributed by atoms with Crippen molar-refractivity contribution in [2.24, 2.45) is 0 Å². The molecule has 0 aliphatic rings. The Balaban J connectivity index is 2.02. The van der Waals surface area contributed by atoms with E-state index in [0.29, 0.717) is 12.4 Å². The topological polar surface area (TPSA) is 70.7 Å². The van der Waals surface area contributed by atoms with Crippen LogP contribution in [-0.2, 0) is 6.54 Å². The Morgan fingerprint density at radius 3 is 2.75 bits per heavy atom. The van der Waals surface area contributed by atoms with Gasteiger partial charge in [-0.25, -0.2) is 14.3 Å². The summed E-state index contributed by atoms with van der Waals surface area (Å²) < 4.78 is 12.6. The molecule has 0 aliphatic carbocycles. The van der Waals surface area contributed by atoms with E-state index in [2.05, 4.69) is 20.5 Å². The second-order valence-corrected chi connectivity index (χ2v) is 3.15. The van der Waals surface area contributed by atoms with Crippen LogP contribution in [0, 0.1) is 5.82 Å². The quantitative estimate of drug-likeness (QED) is 0.806. The molecular formula is C10H9FN4O. The molecule has 1 heterocycles. The molecule has 0 bridgehead atoms. The van der Waals surface area contributed by atoms with Crippen LogP contribution >= 0.6 is 0 Å². The van der Waals surface area contributed by atoms with Crippen LogP contribution in [0.3, 0.4) is 0 Å². The Morgan fingerprint density at radius 2 is 2.06 bits per heavy atom. The van der Waals surface area contributed by atoms with Crippen molar-refractivity contribution in [2.45, 2.75) is 6.54 Å². The molecule has 0 spiro atoms. The minimum absolute atomic E-state index is 0.278. The van der Waals surface area contributed by atoms with Gasteiger partial charge in [0.1, 0.15) is 5.82 Å². The van der Waals surface area contributed by atoms with Gasteiger partial charge in [-0.3, -0.25) is 0 Å². The lowest BCUT2D eigenvalue weighted by molar-refractivity contribution is 0.627. The second-order valence-electron chi connectivity index (χ2n) is 3.15. The number of aromatic nitrogens is 3. The van der Waals surface area contributed by atoms with E-state index in [4.69, 9.17) is 0 Å². The molecule has 2 aromatic rings. The van der Waals surface area contributed by atoms with E-state index in [1.54, 1.807) is 12.1 Å². The largest absolute Gasteiger partial charge is 0.364 e. The summed E-state index contributed by atoms with van der Waals surface area (Å²) in [5, 5.41) is 8.66. The third kappa shape index (κ3) is 2.63. The normalized spacial score (nSPS) is 10.1. The lowest BCUT2D eigenvalue weighted by Crippen LogP contribution is -2.14. The van der Waals surface area contributed by atoms with Crippen LogP contribution in [-0.4, -0.2) is 15.2 Å². The Morgan fingerprint density at radius 1 is 1.31 bits per heavy atom. The first-order chi connectivity index (χ1) is 7.74. The van der Waals surface area contributed by atoms with Crippen LogP contribution in [0.25, 0.3) is 0 Å². The van der Waals surface area contributed by atoms with E-state index in [1.807, 2.05) is 0 Å². The van der Waals surface area contributed by atoms with E-state index in [9.17, 15) is 9.18 Å². The zero-order valence-electron chi connectivity index (χ0n) is 8.27. The predicted octanol–water partition coefficient (Wildman–Crippen LogP) is 0.916. The van der Waals surface area contributed by atoms with Gasteiger partial charge in [0.15, 0.2) is 5.82 Å². The van der Waals surface area contributed by atoms with E-state index in [-0.39, 0.29) is 5.82 Å². The molecule has 0 unspecified atom stereocenters. The Bertz CT molecular complexity index is 523. The van der Waals surface area contributed by atoms with E-state index in [0.717, 1.165) is 5.56 Å². The Kier molecular flexibility index (Phi) is 2.90. The molecule has 0 aliphatic heterocycles. The molecule has 2 N–H and O–H groups in total. The summed E-state index contributed by atoms with van der Waals surface area (Å²) >= 11 is 0. The SMILES string of the molecule is O=c1nc(NCc2ccc(F)cc2)cn[nH]1. The molecular weight excluding hydrogens is 211 g/mol. The van der Waals surface area contributed by atoms with E-state index < -0.39 is 5.69 Å². The summed E-state index contributed by atoms with van der Waals surface area (Å²) in [7, 11) is 0. The highest BCUT2D eigenvalue weighted by Crippen LogP contribution is 2.04. The number of aromatic amines is 1. The van der Waals surface area contributed by atoms with Crippen molar-refractivity contribution in [1.82, 2.24) is 15.2 Å². The third-order valence-corrected chi connectivity index (χ3v) is 1.96. The van der Waals surface area contributed by atoms with E-state index >= 15 is 0 Å². The lowest BCUT2D eigenvalue weighted by atomic mass is 10.2. The van der Waals surface area contributed by atoms with Crippen molar-refractivity contribution >= 4 is 5.82 Å². The van der Waals surface area contributed by atoms with Gasteiger partial charge in [-0.05, 0) is 17.7 Å². The first kappa shape index (κ1) is 10.3. The van der Waals surface area contributed by atoms with Gasteiger partial charge < -0.3 is 5.32 Å². The monoisotopic (exact) mass is 220 g/mol. The minimum Gasteiger partial charge on any atom is -0.364 e. The fourth-order valence-electron chi connectivity index (χ4n) is 1.19. The van der Waals surface area contributed by atoms with Gasteiger partial charge in [-0.2, -0.15) is 10.1 Å². The van der Waals surface area contributed by atoms with Crippen molar-refractivity contribution in [3.63, 3.8) is 0 Å². The average molecular weight is 220 g/mol. The third-order valence-electron chi connectivity index (χ3n) is 1.96. The van der Waals surface area contributed by atoms with Gasteiger partial charge in [0.05, 0.1) is 6.20 Å². The number of hydrogen-bond acceptors (Lipinski definition) is 4. The van der Waals surface area contributed by atoms with Crippen molar-refractivity contribution in [3.8, 4) is 0 Å². The minimum atomic E-state index is -0.510. The van der Waals surface area contributed by atoms with Crippen LogP contribution in [0.5, 0.6) is 0 Å². The Hall–Kier alpha value is -2.24. The summed E-state index contributed by atoms with van der Waals surface area (Å²) in [4.78, 5) is 14.5. The van der Waals surface area contributed by atoms with Crippen molar-refractivity contribution < 1.29 is 4.39 Å². The smallest absolute Gasteiger partial charge is 0.363 e. The van der Waals surface area contributed by atoms with Crippen LogP contribution in [0.1, 0.15) is 5.56 Å². The maximum Gasteiger partial charge on any atom is 0.363 e. The number of H-pyrrole nitrogens is 1. The number of benzene rings is 1. The van der Waals surface area contributed by atoms with Crippen molar-refractivity contribution in [3.05, 3.63) is 52.3 Å². The van der Waals surface area contributed by atoms with E-state index in [1.165, 1.54) is 18.3 Å². The van der Waals surface area contributed by atoms with Crippen molar-refractivity contribution in [2.75, 3.05) is 5.32 Å². The van der Waals surface area contributed by atoms with Crippen molar-refractivity contribution in [1.29, 1.82) is 0 Å². The molecule has 6 heteroatoms. The highest BCUT2D eigenvalue weighted by molar-refractivity contribution is 5.31. The maximum atomic E-state index is 12.6. The molecule has 0 amide bonds. The van der Waals surface area contributed by atoms with Gasteiger partial charge in [-0.1, -0.05) is 12.1 Å². The van der Waals surface area contributed by atoms with Crippen LogP contribution in [0.2, 0.25) is 0 Å². The van der Waals surface area contributed by atoms with Crippen LogP contribution in [0.4, 0.5) is 10.2 Å². The molecule has 0 fully saturated rings. The summed E-state index contributed by atoms with van der Waals surface area (Å²) in [5.74, 6) is 0.104. The Labute approximate surface area is 90.4 Å². The predicted molar refractivity (Wildman–Crippen MR) is 56.4 cm³/mol. The second kappa shape index (κ2) is 4.52. The summed E-state index contributed by atoms with van der Waals surface area (Å²) in [5.41, 5.74) is 0.382. The highest BCUT2D eigenvalue weighted by Gasteiger charge is 1.96. The molecule has 0 radical (unpaired) electrons. The molecule has 0 saturated carbocycles. The van der Waals surface area contributed by atoms with Crippen LogP contribution < -0.4 is 11.0 Å². The number of anilines is 1. The fraction of sp³-hybridized carbons (Fsp3) is 0.100. The highest BCUT2D eigenvalue weighted by atomic mass is 19.1. The number of halogens is 1. The summed E-state index contributed by atoms with van der Waals surface area (Å²) in [6, 6.07) is 6.06. The van der Waals surface area contributed by atoms with Gasteiger partial charge in [0.25, 0.3) is 0 Å². The zero-order chi connectivity index (χ0) is 11.4. The zero-order valence-corrected chi connectivity index (χ0v) is 8.27. The molecule has 2 rings (SSSR count). The summed E-state index contributed by atoms with van der Waals surface area (Å²) in [6.45, 7) is 0.457. The van der Waals surface area contributed by atoms with Gasteiger partial charge in [-0.15, -0.1) is 0 Å². The molecule has 0 atom stereocenters. The molecule has 0 saturated heterocycles. The number of nitrogens with one attached hydrogen (secondary N) is 2. The molecule has 82 valence electrons. The molecule has 1 aromatic carbocycles. The maximum absolute atomic E-state index is 12.6. The number of nitrogens with zero attached hydrogens (tertiary/aromatic N) is 2. The van der Waals surface area contributed by atoms with Crippen LogP contribution in [0.15, 0.2) is 35.3 Å². The van der Waals surface area contributed by atoms with Gasteiger partial charge in [0.2, 0.25) is 0 Å². The first-order valence-corrected chi connectivity index (χ1v) is 4.64. The standard InChI is InChI=1S/C10H9FN4O/c11-8-3-1-7(2-4-8)5-12-9-6-13-15-10(16)14-9/h1-4,6H,5H2,(H2,12,14,15,16). The molecule has 16 heavy (non-hydrogen) atoms. The average Bonchev–Trinajstić information content (AvgIpc) is 2.28. The molecule has 5 nitrogen and oxygen atoms in total.